The molecule has 2 aromatic rings. The number of hydrogen-bond donors (Lipinski definition) is 1. The number of thiophene rings is 1. The highest BCUT2D eigenvalue weighted by molar-refractivity contribution is 9.11. The molecule has 30 heavy (non-hydrogen) atoms. The Kier molecular flexibility index (Phi) is 10.3. The number of nitrogens with one attached hydrogen (secondary N) is 1. The number of halogens is 1. The molecule has 0 unspecified atom stereocenters. The lowest BCUT2D eigenvalue weighted by atomic mass is 9.99. The molecule has 0 atom stereocenters. The summed E-state index contributed by atoms with van der Waals surface area (Å²) in [7, 11) is -0.480. The lowest BCUT2D eigenvalue weighted by molar-refractivity contribution is 0.0595. The van der Waals surface area contributed by atoms with Crippen LogP contribution in [0.5, 0.6) is 5.75 Å². The molecule has 0 aliphatic heterocycles. The van der Waals surface area contributed by atoms with Gasteiger partial charge in [0.1, 0.15) is 15.5 Å². The van der Waals surface area contributed by atoms with Crippen molar-refractivity contribution in [1.29, 1.82) is 0 Å². The van der Waals surface area contributed by atoms with Crippen molar-refractivity contribution in [3.63, 3.8) is 0 Å². The summed E-state index contributed by atoms with van der Waals surface area (Å²) >= 11 is 4.49. The van der Waals surface area contributed by atoms with Crippen molar-refractivity contribution < 1.29 is 22.7 Å². The van der Waals surface area contributed by atoms with Crippen LogP contribution < -0.4 is 9.46 Å². The fourth-order valence-electron chi connectivity index (χ4n) is 3.16. The monoisotopic (exact) mass is 517 g/mol. The van der Waals surface area contributed by atoms with Gasteiger partial charge in [0, 0.05) is 6.54 Å². The first-order valence-corrected chi connectivity index (χ1v) is 13.0. The Bertz CT molecular complexity index is 927. The van der Waals surface area contributed by atoms with Crippen molar-refractivity contribution in [2.24, 2.45) is 0 Å². The van der Waals surface area contributed by atoms with Crippen LogP contribution in [0.3, 0.4) is 0 Å². The smallest absolute Gasteiger partial charge is 0.341 e. The van der Waals surface area contributed by atoms with Gasteiger partial charge < -0.3 is 9.47 Å². The van der Waals surface area contributed by atoms with Crippen LogP contribution in [0.15, 0.2) is 38.3 Å². The SMILES string of the molecule is COC(=O)c1c(CCCCCCCCNS(=O)(=O)c2ccc(Br)s2)cccc1OC. The number of aryl methyl sites for hydroxylation is 1. The van der Waals surface area contributed by atoms with E-state index in [1.807, 2.05) is 12.1 Å². The summed E-state index contributed by atoms with van der Waals surface area (Å²) in [6, 6.07) is 8.93. The number of ether oxygens (including phenoxy) is 2. The van der Waals surface area contributed by atoms with Crippen molar-refractivity contribution in [2.75, 3.05) is 20.8 Å². The first kappa shape index (κ1) is 24.8. The number of sulfonamides is 1. The van der Waals surface area contributed by atoms with E-state index >= 15 is 0 Å². The molecule has 0 saturated carbocycles. The molecular formula is C21H28BrNO5S2. The highest BCUT2D eigenvalue weighted by Gasteiger charge is 2.17. The van der Waals surface area contributed by atoms with E-state index in [4.69, 9.17) is 9.47 Å². The maximum absolute atomic E-state index is 12.1. The Balaban J connectivity index is 1.64. The minimum atomic E-state index is -3.40. The topological polar surface area (TPSA) is 81.7 Å². The normalized spacial score (nSPS) is 11.4. The lowest BCUT2D eigenvalue weighted by Crippen LogP contribution is -2.23. The Morgan fingerprint density at radius 3 is 2.37 bits per heavy atom. The van der Waals surface area contributed by atoms with E-state index < -0.39 is 10.0 Å². The van der Waals surface area contributed by atoms with Crippen molar-refractivity contribution in [2.45, 2.75) is 49.2 Å². The van der Waals surface area contributed by atoms with Crippen molar-refractivity contribution in [3.05, 3.63) is 45.2 Å². The van der Waals surface area contributed by atoms with Gasteiger partial charge in [0.25, 0.3) is 0 Å². The molecule has 0 bridgehead atoms. The molecule has 0 saturated heterocycles. The maximum Gasteiger partial charge on any atom is 0.341 e. The molecule has 0 aliphatic rings. The maximum atomic E-state index is 12.1. The second kappa shape index (κ2) is 12.4. The van der Waals surface area contributed by atoms with E-state index in [1.54, 1.807) is 25.3 Å². The van der Waals surface area contributed by atoms with Gasteiger partial charge in [-0.05, 0) is 59.0 Å². The summed E-state index contributed by atoms with van der Waals surface area (Å²) in [4.78, 5) is 12.1. The summed E-state index contributed by atoms with van der Waals surface area (Å²) < 4.78 is 38.2. The number of hydrogen-bond acceptors (Lipinski definition) is 6. The molecule has 9 heteroatoms. The van der Waals surface area contributed by atoms with Gasteiger partial charge in [0.05, 0.1) is 18.0 Å². The number of benzene rings is 1. The second-order valence-corrected chi connectivity index (χ2v) is 11.3. The van der Waals surface area contributed by atoms with Crippen LogP contribution in [0.25, 0.3) is 0 Å². The van der Waals surface area contributed by atoms with E-state index in [-0.39, 0.29) is 5.97 Å². The third-order valence-electron chi connectivity index (χ3n) is 4.70. The number of unbranched alkanes of at least 4 members (excludes halogenated alkanes) is 5. The zero-order valence-electron chi connectivity index (χ0n) is 17.3. The summed E-state index contributed by atoms with van der Waals surface area (Å²) in [5.74, 6) is 0.163. The fraction of sp³-hybridized carbons (Fsp3) is 0.476. The number of carbonyl (C=O) groups is 1. The fourth-order valence-corrected chi connectivity index (χ4v) is 6.28. The quantitative estimate of drug-likeness (QED) is 0.292. The predicted molar refractivity (Wildman–Crippen MR) is 123 cm³/mol. The second-order valence-electron chi connectivity index (χ2n) is 6.81. The average Bonchev–Trinajstić information content (AvgIpc) is 3.19. The van der Waals surface area contributed by atoms with E-state index in [9.17, 15) is 13.2 Å². The standard InChI is InChI=1S/C21H28BrNO5S2/c1-27-17-12-9-11-16(20(17)21(24)28-2)10-7-5-3-4-6-8-15-23-30(25,26)19-14-13-18(22)29-19/h9,11-14,23H,3-8,10,15H2,1-2H3. The molecule has 0 fully saturated rings. The zero-order valence-corrected chi connectivity index (χ0v) is 20.5. The zero-order chi connectivity index (χ0) is 22.0. The van der Waals surface area contributed by atoms with Crippen molar-refractivity contribution in [1.82, 2.24) is 4.72 Å². The molecule has 166 valence electrons. The van der Waals surface area contributed by atoms with Gasteiger partial charge in [-0.1, -0.05) is 37.8 Å². The third-order valence-corrected chi connectivity index (χ3v) is 8.28. The molecule has 1 aromatic carbocycles. The van der Waals surface area contributed by atoms with Gasteiger partial charge in [0.2, 0.25) is 10.0 Å². The number of carbonyl (C=O) groups excluding carboxylic acids is 1. The van der Waals surface area contributed by atoms with Crippen LogP contribution in [0.1, 0.15) is 54.4 Å². The van der Waals surface area contributed by atoms with Crippen molar-refractivity contribution >= 4 is 43.3 Å². The molecule has 1 N–H and O–H groups in total. The summed E-state index contributed by atoms with van der Waals surface area (Å²) in [6.45, 7) is 0.449. The molecule has 1 aromatic heterocycles. The summed E-state index contributed by atoms with van der Waals surface area (Å²) in [5.41, 5.74) is 1.45. The highest BCUT2D eigenvalue weighted by atomic mass is 79.9. The molecule has 0 aliphatic carbocycles. The molecule has 0 amide bonds. The first-order valence-electron chi connectivity index (χ1n) is 9.88. The number of esters is 1. The van der Waals surface area contributed by atoms with Crippen LogP contribution in [-0.4, -0.2) is 35.2 Å². The van der Waals surface area contributed by atoms with E-state index in [0.29, 0.717) is 22.1 Å². The molecule has 2 rings (SSSR count). The molecule has 6 nitrogen and oxygen atoms in total. The number of methoxy groups -OCH3 is 2. The largest absolute Gasteiger partial charge is 0.496 e. The Morgan fingerprint density at radius 1 is 1.03 bits per heavy atom. The van der Waals surface area contributed by atoms with E-state index in [0.717, 1.165) is 54.3 Å². The van der Waals surface area contributed by atoms with Gasteiger partial charge in [-0.25, -0.2) is 17.9 Å². The van der Waals surface area contributed by atoms with Crippen LogP contribution in [0.4, 0.5) is 0 Å². The van der Waals surface area contributed by atoms with Gasteiger partial charge >= 0.3 is 5.97 Å². The summed E-state index contributed by atoms with van der Waals surface area (Å²) in [6.07, 6.45) is 6.72. The van der Waals surface area contributed by atoms with Gasteiger partial charge in [-0.3, -0.25) is 0 Å². The van der Waals surface area contributed by atoms with Gasteiger partial charge in [-0.15, -0.1) is 11.3 Å². The average molecular weight is 518 g/mol. The molecule has 0 spiro atoms. The lowest BCUT2D eigenvalue weighted by Gasteiger charge is -2.12. The van der Waals surface area contributed by atoms with E-state index in [2.05, 4.69) is 20.7 Å². The molecule has 0 radical (unpaired) electrons. The minimum absolute atomic E-state index is 0.332. The predicted octanol–water partition coefficient (Wildman–Crippen LogP) is 5.17. The molecular weight excluding hydrogens is 490 g/mol. The van der Waals surface area contributed by atoms with Crippen LogP contribution in [0.2, 0.25) is 0 Å². The minimum Gasteiger partial charge on any atom is -0.496 e. The Hall–Kier alpha value is -1.42. The van der Waals surface area contributed by atoms with Gasteiger partial charge in [0.15, 0.2) is 0 Å². The first-order chi connectivity index (χ1) is 14.4. The highest BCUT2D eigenvalue weighted by Crippen LogP contribution is 2.26. The Morgan fingerprint density at radius 2 is 1.73 bits per heavy atom. The Labute approximate surface area is 191 Å². The molecule has 1 heterocycles. The van der Waals surface area contributed by atoms with E-state index in [1.165, 1.54) is 18.4 Å². The van der Waals surface area contributed by atoms with Crippen LogP contribution >= 0.6 is 27.3 Å². The third kappa shape index (κ3) is 7.37. The van der Waals surface area contributed by atoms with Crippen molar-refractivity contribution in [3.8, 4) is 5.75 Å². The van der Waals surface area contributed by atoms with Crippen LogP contribution in [0, 0.1) is 0 Å². The summed E-state index contributed by atoms with van der Waals surface area (Å²) in [5, 5.41) is 0. The number of rotatable bonds is 13. The van der Waals surface area contributed by atoms with Crippen LogP contribution in [-0.2, 0) is 21.2 Å². The van der Waals surface area contributed by atoms with Gasteiger partial charge in [-0.2, -0.15) is 0 Å².